The van der Waals surface area contributed by atoms with Gasteiger partial charge in [0.25, 0.3) is 11.8 Å². The molecule has 0 bridgehead atoms. The highest BCUT2D eigenvalue weighted by atomic mass is 19.2. The van der Waals surface area contributed by atoms with E-state index >= 15 is 0 Å². The normalized spacial score (nSPS) is 21.0. The standard InChI is InChI=1S/C29H27F3N4O3/c30-19-5-1-16(2-6-19)26-15-27(37)35-24-14-17(28(38)34-21-9-7-20(33)8-10-21)4-12-25(24)36(26)29(39)18-3-11-22(31)23(32)13-18/h1-6,11-14,20-21,26H,7-10,15,33H2,(H,34,38)(H,35,37). The number of amides is 3. The van der Waals surface area contributed by atoms with Crippen LogP contribution in [0.2, 0.25) is 0 Å². The molecule has 3 amide bonds. The van der Waals surface area contributed by atoms with Crippen LogP contribution in [0.25, 0.3) is 0 Å². The van der Waals surface area contributed by atoms with Gasteiger partial charge in [0.05, 0.1) is 23.8 Å². The Morgan fingerprint density at radius 2 is 1.56 bits per heavy atom. The molecule has 202 valence electrons. The van der Waals surface area contributed by atoms with Crippen molar-refractivity contribution in [2.75, 3.05) is 10.2 Å². The first-order valence-electron chi connectivity index (χ1n) is 12.7. The Bertz CT molecular complexity index is 1420. The average molecular weight is 537 g/mol. The lowest BCUT2D eigenvalue weighted by Gasteiger charge is -2.31. The maximum absolute atomic E-state index is 14.1. The van der Waals surface area contributed by atoms with E-state index in [4.69, 9.17) is 5.73 Å². The fourth-order valence-corrected chi connectivity index (χ4v) is 5.13. The van der Waals surface area contributed by atoms with E-state index in [-0.39, 0.29) is 46.9 Å². The largest absolute Gasteiger partial charge is 0.349 e. The van der Waals surface area contributed by atoms with Gasteiger partial charge in [-0.1, -0.05) is 12.1 Å². The van der Waals surface area contributed by atoms with Crippen LogP contribution in [0.1, 0.15) is 64.4 Å². The zero-order valence-electron chi connectivity index (χ0n) is 20.9. The maximum atomic E-state index is 14.1. The average Bonchev–Trinajstić information content (AvgIpc) is 3.06. The summed E-state index contributed by atoms with van der Waals surface area (Å²) in [6.45, 7) is 0. The zero-order valence-corrected chi connectivity index (χ0v) is 20.9. The van der Waals surface area contributed by atoms with Crippen molar-refractivity contribution < 1.29 is 27.6 Å². The molecule has 0 radical (unpaired) electrons. The molecule has 1 fully saturated rings. The number of nitrogens with two attached hydrogens (primary N) is 1. The number of carbonyl (C=O) groups is 3. The molecule has 1 aliphatic heterocycles. The van der Waals surface area contributed by atoms with Crippen molar-refractivity contribution in [2.45, 2.75) is 50.2 Å². The molecular weight excluding hydrogens is 509 g/mol. The molecule has 1 atom stereocenters. The number of hydrogen-bond acceptors (Lipinski definition) is 4. The summed E-state index contributed by atoms with van der Waals surface area (Å²) in [7, 11) is 0. The monoisotopic (exact) mass is 536 g/mol. The lowest BCUT2D eigenvalue weighted by Crippen LogP contribution is -2.40. The summed E-state index contributed by atoms with van der Waals surface area (Å²) in [5, 5.41) is 5.76. The zero-order chi connectivity index (χ0) is 27.7. The van der Waals surface area contributed by atoms with Gasteiger partial charge in [0.2, 0.25) is 5.91 Å². The highest BCUT2D eigenvalue weighted by molar-refractivity contribution is 6.12. The number of hydrogen-bond donors (Lipinski definition) is 3. The highest BCUT2D eigenvalue weighted by Crippen LogP contribution is 2.40. The van der Waals surface area contributed by atoms with E-state index in [0.29, 0.717) is 5.56 Å². The third-order valence-corrected chi connectivity index (χ3v) is 7.23. The number of halogens is 3. The van der Waals surface area contributed by atoms with Crippen LogP contribution < -0.4 is 21.3 Å². The molecule has 1 aliphatic carbocycles. The summed E-state index contributed by atoms with van der Waals surface area (Å²) < 4.78 is 41.4. The van der Waals surface area contributed by atoms with Crippen molar-refractivity contribution in [1.29, 1.82) is 0 Å². The van der Waals surface area contributed by atoms with E-state index in [2.05, 4.69) is 10.6 Å². The van der Waals surface area contributed by atoms with Gasteiger partial charge in [-0.15, -0.1) is 0 Å². The Morgan fingerprint density at radius 3 is 2.26 bits per heavy atom. The summed E-state index contributed by atoms with van der Waals surface area (Å²) in [4.78, 5) is 41.1. The molecule has 10 heteroatoms. The lowest BCUT2D eigenvalue weighted by molar-refractivity contribution is -0.116. The molecule has 0 spiro atoms. The van der Waals surface area contributed by atoms with E-state index in [1.807, 2.05) is 0 Å². The summed E-state index contributed by atoms with van der Waals surface area (Å²) in [5.74, 6) is -4.26. The Hall–Kier alpha value is -4.18. The van der Waals surface area contributed by atoms with Gasteiger partial charge in [0.15, 0.2) is 11.6 Å². The minimum absolute atomic E-state index is 0.0139. The number of benzene rings is 3. The molecule has 1 unspecified atom stereocenters. The maximum Gasteiger partial charge on any atom is 0.259 e. The molecule has 1 heterocycles. The topological polar surface area (TPSA) is 105 Å². The van der Waals surface area contributed by atoms with E-state index in [1.165, 1.54) is 47.4 Å². The van der Waals surface area contributed by atoms with E-state index in [0.717, 1.165) is 43.9 Å². The van der Waals surface area contributed by atoms with Crippen molar-refractivity contribution in [3.63, 3.8) is 0 Å². The van der Waals surface area contributed by atoms with E-state index < -0.39 is 35.3 Å². The van der Waals surface area contributed by atoms with Gasteiger partial charge in [-0.2, -0.15) is 0 Å². The Morgan fingerprint density at radius 1 is 0.872 bits per heavy atom. The van der Waals surface area contributed by atoms with Gasteiger partial charge >= 0.3 is 0 Å². The van der Waals surface area contributed by atoms with E-state index in [9.17, 15) is 27.6 Å². The SMILES string of the molecule is NC1CCC(NC(=O)c2ccc3c(c2)NC(=O)CC(c2ccc(F)cc2)N3C(=O)c2ccc(F)c(F)c2)CC1. The predicted molar refractivity (Wildman–Crippen MR) is 140 cm³/mol. The Balaban J connectivity index is 1.54. The third kappa shape index (κ3) is 5.65. The second-order valence-electron chi connectivity index (χ2n) is 9.94. The summed E-state index contributed by atoms with van der Waals surface area (Å²) in [6, 6.07) is 11.9. The smallest absolute Gasteiger partial charge is 0.259 e. The van der Waals surface area contributed by atoms with Gasteiger partial charge in [-0.3, -0.25) is 19.3 Å². The van der Waals surface area contributed by atoms with Crippen LogP contribution in [0.4, 0.5) is 24.5 Å². The molecule has 39 heavy (non-hydrogen) atoms. The second kappa shape index (κ2) is 10.9. The minimum Gasteiger partial charge on any atom is -0.349 e. The molecule has 7 nitrogen and oxygen atoms in total. The van der Waals surface area contributed by atoms with Crippen LogP contribution in [0.3, 0.4) is 0 Å². The van der Waals surface area contributed by atoms with Crippen molar-refractivity contribution in [3.05, 3.63) is 94.8 Å². The quantitative estimate of drug-likeness (QED) is 0.444. The van der Waals surface area contributed by atoms with Crippen LogP contribution in [0.15, 0.2) is 60.7 Å². The summed E-state index contributed by atoms with van der Waals surface area (Å²) >= 11 is 0. The van der Waals surface area contributed by atoms with Crippen molar-refractivity contribution in [3.8, 4) is 0 Å². The Labute approximate surface area is 223 Å². The van der Waals surface area contributed by atoms with Gasteiger partial charge in [0.1, 0.15) is 5.82 Å². The molecular formula is C29H27F3N4O3. The van der Waals surface area contributed by atoms with Gasteiger partial charge in [-0.25, -0.2) is 13.2 Å². The number of carbonyl (C=O) groups excluding carboxylic acids is 3. The third-order valence-electron chi connectivity index (χ3n) is 7.23. The molecule has 3 aromatic carbocycles. The molecule has 2 aliphatic rings. The fourth-order valence-electron chi connectivity index (χ4n) is 5.13. The first-order valence-corrected chi connectivity index (χ1v) is 12.7. The molecule has 5 rings (SSSR count). The Kier molecular flexibility index (Phi) is 7.38. The summed E-state index contributed by atoms with van der Waals surface area (Å²) in [6.07, 6.45) is 2.97. The first-order chi connectivity index (χ1) is 18.7. The number of fused-ring (bicyclic) bond motifs is 1. The number of rotatable bonds is 4. The van der Waals surface area contributed by atoms with Crippen LogP contribution in [0.5, 0.6) is 0 Å². The van der Waals surface area contributed by atoms with Crippen LogP contribution in [-0.2, 0) is 4.79 Å². The first kappa shape index (κ1) is 26.4. The van der Waals surface area contributed by atoms with E-state index in [1.54, 1.807) is 0 Å². The lowest BCUT2D eigenvalue weighted by atomic mass is 9.91. The molecule has 3 aromatic rings. The van der Waals surface area contributed by atoms with Crippen LogP contribution in [-0.4, -0.2) is 29.8 Å². The number of nitrogens with one attached hydrogen (secondary N) is 2. The van der Waals surface area contributed by atoms with Gasteiger partial charge in [-0.05, 0) is 79.8 Å². The molecule has 0 saturated heterocycles. The van der Waals surface area contributed by atoms with Crippen molar-refractivity contribution >= 4 is 29.1 Å². The minimum atomic E-state index is -1.20. The second-order valence-corrected chi connectivity index (χ2v) is 9.94. The van der Waals surface area contributed by atoms with Crippen molar-refractivity contribution in [1.82, 2.24) is 5.32 Å². The van der Waals surface area contributed by atoms with Crippen LogP contribution >= 0.6 is 0 Å². The van der Waals surface area contributed by atoms with Crippen LogP contribution in [0, 0.1) is 17.5 Å². The molecule has 4 N–H and O–H groups in total. The summed E-state index contributed by atoms with van der Waals surface area (Å²) in [5.41, 5.74) is 7.02. The number of nitrogens with zero attached hydrogens (tertiary/aromatic N) is 1. The van der Waals surface area contributed by atoms with Gasteiger partial charge < -0.3 is 16.4 Å². The number of anilines is 2. The predicted octanol–water partition coefficient (Wildman–Crippen LogP) is 4.83. The molecule has 0 aromatic heterocycles. The highest BCUT2D eigenvalue weighted by Gasteiger charge is 2.35. The van der Waals surface area contributed by atoms with Gasteiger partial charge in [0, 0.05) is 23.2 Å². The molecule has 1 saturated carbocycles. The van der Waals surface area contributed by atoms with Crippen molar-refractivity contribution in [2.24, 2.45) is 5.73 Å². The fraction of sp³-hybridized carbons (Fsp3) is 0.276.